The molecule has 278 valence electrons. The summed E-state index contributed by atoms with van der Waals surface area (Å²) in [4.78, 5) is 47.7. The summed E-state index contributed by atoms with van der Waals surface area (Å²) in [6, 6.07) is 13.1. The lowest BCUT2D eigenvalue weighted by Crippen LogP contribution is -2.41. The maximum atomic E-state index is 13.1. The van der Waals surface area contributed by atoms with Crippen LogP contribution < -0.4 is 10.6 Å². The molecule has 0 heterocycles. The van der Waals surface area contributed by atoms with Gasteiger partial charge in [0.25, 0.3) is 11.4 Å². The number of carbonyl (C=O) groups excluding carboxylic acids is 2. The van der Waals surface area contributed by atoms with Crippen molar-refractivity contribution < 1.29 is 28.9 Å². The Balaban J connectivity index is 2.09. The van der Waals surface area contributed by atoms with Gasteiger partial charge in [0.15, 0.2) is 12.5 Å². The van der Waals surface area contributed by atoms with Crippen LogP contribution >= 0.6 is 0 Å². The van der Waals surface area contributed by atoms with Crippen LogP contribution in [0.5, 0.6) is 0 Å². The fourth-order valence-electron chi connectivity index (χ4n) is 6.04. The van der Waals surface area contributed by atoms with Crippen molar-refractivity contribution in [2.45, 2.75) is 142 Å². The molecule has 4 atom stereocenters. The van der Waals surface area contributed by atoms with E-state index < -0.39 is 34.2 Å². The zero-order valence-corrected chi connectivity index (χ0v) is 30.4. The predicted octanol–water partition coefficient (Wildman–Crippen LogP) is 8.83. The molecule has 0 spiro atoms. The van der Waals surface area contributed by atoms with Gasteiger partial charge in [0, 0.05) is 24.3 Å². The Labute approximate surface area is 297 Å². The second kappa shape index (κ2) is 24.3. The molecule has 0 saturated heterocycles. The smallest absolute Gasteiger partial charge is 0.419 e. The van der Waals surface area contributed by atoms with Gasteiger partial charge < -0.3 is 9.47 Å². The SMILES string of the molecule is CCCCCCNC(CCC(CC)c1ccc([N+](=O)[O-])cc1)OC(=O)C(=O)OC(CCC(CC)c1ccc([N+](=O)[O-])cc1)NCCCCCC. The van der Waals surface area contributed by atoms with Crippen LogP contribution in [0.15, 0.2) is 48.5 Å². The Morgan fingerprint density at radius 1 is 0.580 bits per heavy atom. The summed E-state index contributed by atoms with van der Waals surface area (Å²) < 4.78 is 11.4. The van der Waals surface area contributed by atoms with Gasteiger partial charge in [0.05, 0.1) is 9.85 Å². The van der Waals surface area contributed by atoms with Crippen LogP contribution in [0.4, 0.5) is 11.4 Å². The minimum Gasteiger partial charge on any atom is -0.438 e. The summed E-state index contributed by atoms with van der Waals surface area (Å²) in [5, 5.41) is 28.8. The lowest BCUT2D eigenvalue weighted by atomic mass is 9.91. The van der Waals surface area contributed by atoms with Crippen molar-refractivity contribution >= 4 is 23.3 Å². The van der Waals surface area contributed by atoms with Crippen LogP contribution in [0.3, 0.4) is 0 Å². The number of nitrogens with zero attached hydrogens (tertiary/aromatic N) is 2. The van der Waals surface area contributed by atoms with E-state index in [0.29, 0.717) is 38.8 Å². The van der Waals surface area contributed by atoms with E-state index in [9.17, 15) is 29.8 Å². The van der Waals surface area contributed by atoms with Gasteiger partial charge in [0.1, 0.15) is 0 Å². The van der Waals surface area contributed by atoms with Crippen LogP contribution in [0, 0.1) is 20.2 Å². The normalized spacial score (nSPS) is 13.6. The van der Waals surface area contributed by atoms with Crippen LogP contribution in [0.2, 0.25) is 0 Å². The Bertz CT molecular complexity index is 1190. The van der Waals surface area contributed by atoms with Gasteiger partial charge in [-0.15, -0.1) is 0 Å². The lowest BCUT2D eigenvalue weighted by molar-refractivity contribution is -0.385. The van der Waals surface area contributed by atoms with E-state index in [1.165, 1.54) is 24.3 Å². The number of rotatable bonds is 26. The van der Waals surface area contributed by atoms with Gasteiger partial charge in [-0.1, -0.05) is 90.5 Å². The molecule has 0 aliphatic carbocycles. The number of carbonyl (C=O) groups is 2. The van der Waals surface area contributed by atoms with E-state index in [4.69, 9.17) is 9.47 Å². The van der Waals surface area contributed by atoms with Crippen molar-refractivity contribution in [1.29, 1.82) is 0 Å². The molecule has 0 radical (unpaired) electrons. The highest BCUT2D eigenvalue weighted by molar-refractivity contribution is 6.29. The Morgan fingerprint density at radius 3 is 1.24 bits per heavy atom. The molecule has 50 heavy (non-hydrogen) atoms. The minimum absolute atomic E-state index is 0.0352. The second-order valence-electron chi connectivity index (χ2n) is 12.9. The summed E-state index contributed by atoms with van der Waals surface area (Å²) in [7, 11) is 0. The number of unbranched alkanes of at least 4 members (excludes halogenated alkanes) is 6. The molecule has 2 N–H and O–H groups in total. The van der Waals surface area contributed by atoms with E-state index in [2.05, 4.69) is 24.5 Å². The van der Waals surface area contributed by atoms with Crippen molar-refractivity contribution in [2.24, 2.45) is 0 Å². The van der Waals surface area contributed by atoms with E-state index in [-0.39, 0.29) is 23.2 Å². The fourth-order valence-corrected chi connectivity index (χ4v) is 6.04. The molecule has 4 unspecified atom stereocenters. The summed E-state index contributed by atoms with van der Waals surface area (Å²) >= 11 is 0. The molecule has 2 aromatic rings. The Hall–Kier alpha value is -3.90. The van der Waals surface area contributed by atoms with Gasteiger partial charge in [-0.05, 0) is 87.4 Å². The number of benzene rings is 2. The van der Waals surface area contributed by atoms with Gasteiger partial charge >= 0.3 is 11.9 Å². The van der Waals surface area contributed by atoms with Crippen LogP contribution in [-0.2, 0) is 19.1 Å². The summed E-state index contributed by atoms with van der Waals surface area (Å²) in [6.45, 7) is 9.62. The van der Waals surface area contributed by atoms with Crippen molar-refractivity contribution in [2.75, 3.05) is 13.1 Å². The molecule has 0 aliphatic rings. The van der Waals surface area contributed by atoms with Crippen LogP contribution in [0.1, 0.15) is 141 Å². The zero-order valence-electron chi connectivity index (χ0n) is 30.4. The van der Waals surface area contributed by atoms with E-state index in [0.717, 1.165) is 75.3 Å². The van der Waals surface area contributed by atoms with Crippen molar-refractivity contribution in [3.63, 3.8) is 0 Å². The molecule has 0 amide bonds. The first-order valence-electron chi connectivity index (χ1n) is 18.5. The molecule has 0 fully saturated rings. The third-order valence-corrected chi connectivity index (χ3v) is 9.16. The summed E-state index contributed by atoms with van der Waals surface area (Å²) in [5.41, 5.74) is 2.01. The molecule has 12 nitrogen and oxygen atoms in total. The van der Waals surface area contributed by atoms with Gasteiger partial charge in [-0.3, -0.25) is 30.9 Å². The van der Waals surface area contributed by atoms with Gasteiger partial charge in [0.2, 0.25) is 0 Å². The third-order valence-electron chi connectivity index (χ3n) is 9.16. The quantitative estimate of drug-likeness (QED) is 0.0242. The average molecular weight is 699 g/mol. The highest BCUT2D eigenvalue weighted by Gasteiger charge is 2.27. The number of non-ortho nitro benzene ring substituents is 2. The summed E-state index contributed by atoms with van der Waals surface area (Å²) in [5.74, 6) is -1.93. The van der Waals surface area contributed by atoms with Gasteiger partial charge in [-0.25, -0.2) is 9.59 Å². The monoisotopic (exact) mass is 698 g/mol. The Kier molecular flexibility index (Phi) is 20.5. The van der Waals surface area contributed by atoms with E-state index >= 15 is 0 Å². The molecule has 0 saturated carbocycles. The van der Waals surface area contributed by atoms with Crippen molar-refractivity contribution in [3.8, 4) is 0 Å². The molecule has 0 bridgehead atoms. The highest BCUT2D eigenvalue weighted by Crippen LogP contribution is 2.29. The fraction of sp³-hybridized carbons (Fsp3) is 0.632. The maximum absolute atomic E-state index is 13.1. The van der Waals surface area contributed by atoms with Gasteiger partial charge in [-0.2, -0.15) is 0 Å². The van der Waals surface area contributed by atoms with E-state index in [1.807, 2.05) is 13.8 Å². The number of nitro benzene ring substituents is 2. The first-order chi connectivity index (χ1) is 24.1. The van der Waals surface area contributed by atoms with Crippen LogP contribution in [-0.4, -0.2) is 47.3 Å². The lowest BCUT2D eigenvalue weighted by Gasteiger charge is -2.24. The van der Waals surface area contributed by atoms with Crippen molar-refractivity contribution in [1.82, 2.24) is 10.6 Å². The van der Waals surface area contributed by atoms with E-state index in [1.54, 1.807) is 24.3 Å². The average Bonchev–Trinajstić information content (AvgIpc) is 3.11. The number of ether oxygens (including phenoxy) is 2. The number of nitro groups is 2. The molecule has 12 heteroatoms. The number of nitrogens with one attached hydrogen (secondary N) is 2. The Morgan fingerprint density at radius 2 is 0.940 bits per heavy atom. The third kappa shape index (κ3) is 15.8. The zero-order chi connectivity index (χ0) is 36.7. The molecule has 0 aromatic heterocycles. The number of hydrogen-bond donors (Lipinski definition) is 2. The molecular weight excluding hydrogens is 640 g/mol. The molecule has 2 aromatic carbocycles. The van der Waals surface area contributed by atoms with Crippen LogP contribution in [0.25, 0.3) is 0 Å². The van der Waals surface area contributed by atoms with Crippen molar-refractivity contribution in [3.05, 3.63) is 79.9 Å². The molecular formula is C38H58N4O8. The standard InChI is InChI=1S/C38H58N4O8/c1-5-9-11-13-27-39-35(25-19-29(7-3)31-15-21-33(22-16-31)41(45)46)49-37(43)38(44)50-36(40-28-14-12-10-6-2)26-20-30(8-4)32-17-23-34(24-18-32)42(47)48/h15-18,21-24,29-30,35-36,39-40H,5-14,19-20,25-28H2,1-4H3. The number of hydrogen-bond acceptors (Lipinski definition) is 10. The summed E-state index contributed by atoms with van der Waals surface area (Å²) in [6.07, 6.45) is 10.7. The maximum Gasteiger partial charge on any atom is 0.419 e. The molecule has 2 rings (SSSR count). The predicted molar refractivity (Wildman–Crippen MR) is 195 cm³/mol. The largest absolute Gasteiger partial charge is 0.438 e. The minimum atomic E-state index is -1.06. The first kappa shape index (κ1) is 42.3. The highest BCUT2D eigenvalue weighted by atomic mass is 16.6. The second-order valence-corrected chi connectivity index (χ2v) is 12.9. The number of esters is 2. The molecule has 0 aliphatic heterocycles. The topological polar surface area (TPSA) is 163 Å². The first-order valence-corrected chi connectivity index (χ1v) is 18.5.